The highest BCUT2D eigenvalue weighted by Crippen LogP contribution is 2.24. The Morgan fingerprint density at radius 3 is 3.17 bits per heavy atom. The molecule has 0 unspecified atom stereocenters. The van der Waals surface area contributed by atoms with E-state index in [1.54, 1.807) is 17.6 Å². The number of amides is 1. The number of thioether (sulfide) groups is 1. The first-order chi connectivity index (χ1) is 8.79. The predicted octanol–water partition coefficient (Wildman–Crippen LogP) is 2.86. The maximum absolute atomic E-state index is 11.6. The molecule has 0 aromatic carbocycles. The van der Waals surface area contributed by atoms with E-state index in [0.717, 1.165) is 24.1 Å². The van der Waals surface area contributed by atoms with Crippen LogP contribution in [0.5, 0.6) is 0 Å². The van der Waals surface area contributed by atoms with Gasteiger partial charge in [0, 0.05) is 4.88 Å². The molecule has 2 heterocycles. The van der Waals surface area contributed by atoms with Crippen molar-refractivity contribution in [2.45, 2.75) is 31.4 Å². The van der Waals surface area contributed by atoms with Gasteiger partial charge in [0.05, 0.1) is 11.5 Å². The first kappa shape index (κ1) is 13.3. The minimum atomic E-state index is 0.000591. The fraction of sp³-hybridized carbons (Fsp3) is 0.417. The first-order valence-electron chi connectivity index (χ1n) is 5.91. The van der Waals surface area contributed by atoms with Crippen LogP contribution in [-0.4, -0.2) is 22.5 Å². The largest absolute Gasteiger partial charge is 0.303 e. The molecule has 0 bridgehead atoms. The second-order valence-corrected chi connectivity index (χ2v) is 6.07. The molecule has 1 amide bonds. The topological polar surface area (TPSA) is 53.8 Å². The summed E-state index contributed by atoms with van der Waals surface area (Å²) in [4.78, 5) is 12.7. The average molecular weight is 281 g/mol. The number of unbranched alkanes of at least 4 members (excludes halogenated alkanes) is 1. The van der Waals surface area contributed by atoms with Crippen molar-refractivity contribution in [2.75, 3.05) is 0 Å². The van der Waals surface area contributed by atoms with Crippen molar-refractivity contribution in [1.82, 2.24) is 5.32 Å². The lowest BCUT2D eigenvalue weighted by molar-refractivity contribution is -0.118. The number of nitrogens with one attached hydrogen (secondary N) is 1. The zero-order valence-electron chi connectivity index (χ0n) is 10.1. The molecule has 96 valence electrons. The van der Waals surface area contributed by atoms with Crippen molar-refractivity contribution >= 4 is 40.4 Å². The summed E-state index contributed by atoms with van der Waals surface area (Å²) in [6.07, 6.45) is 4.77. The lowest BCUT2D eigenvalue weighted by Crippen LogP contribution is -2.24. The number of hydrogen-bond donors (Lipinski definition) is 1. The van der Waals surface area contributed by atoms with Gasteiger partial charge in [0.25, 0.3) is 0 Å². The van der Waals surface area contributed by atoms with E-state index in [-0.39, 0.29) is 11.2 Å². The van der Waals surface area contributed by atoms with Crippen LogP contribution in [0, 0.1) is 0 Å². The Labute approximate surface area is 115 Å². The molecular weight excluding hydrogens is 266 g/mol. The molecule has 1 aromatic rings. The van der Waals surface area contributed by atoms with E-state index in [9.17, 15) is 4.79 Å². The summed E-state index contributed by atoms with van der Waals surface area (Å²) in [6, 6.07) is 3.94. The van der Waals surface area contributed by atoms with Gasteiger partial charge in [-0.15, -0.1) is 16.4 Å². The van der Waals surface area contributed by atoms with Gasteiger partial charge in [-0.3, -0.25) is 4.79 Å². The van der Waals surface area contributed by atoms with Gasteiger partial charge in [-0.25, -0.2) is 0 Å². The molecule has 0 radical (unpaired) electrons. The second kappa shape index (κ2) is 6.70. The number of carbonyl (C=O) groups excluding carboxylic acids is 1. The number of hydrogen-bond acceptors (Lipinski definition) is 5. The normalized spacial score (nSPS) is 21.9. The van der Waals surface area contributed by atoms with Crippen molar-refractivity contribution in [2.24, 2.45) is 10.2 Å². The lowest BCUT2D eigenvalue weighted by atomic mass is 10.2. The van der Waals surface area contributed by atoms with Crippen LogP contribution in [0.3, 0.4) is 0 Å². The zero-order chi connectivity index (χ0) is 12.8. The molecule has 6 heteroatoms. The van der Waals surface area contributed by atoms with E-state index in [4.69, 9.17) is 0 Å². The molecule has 18 heavy (non-hydrogen) atoms. The summed E-state index contributed by atoms with van der Waals surface area (Å²) in [5.74, 6) is 0.0542. The molecule has 4 nitrogen and oxygen atoms in total. The Morgan fingerprint density at radius 1 is 1.56 bits per heavy atom. The van der Waals surface area contributed by atoms with Crippen LogP contribution >= 0.6 is 23.1 Å². The summed E-state index contributed by atoms with van der Waals surface area (Å²) in [5.41, 5.74) is 0. The third kappa shape index (κ3) is 3.68. The van der Waals surface area contributed by atoms with Gasteiger partial charge in [-0.1, -0.05) is 37.6 Å². The van der Waals surface area contributed by atoms with E-state index in [2.05, 4.69) is 22.4 Å². The Morgan fingerprint density at radius 2 is 2.44 bits per heavy atom. The summed E-state index contributed by atoms with van der Waals surface area (Å²) >= 11 is 3.08. The van der Waals surface area contributed by atoms with E-state index in [0.29, 0.717) is 5.17 Å². The van der Waals surface area contributed by atoms with Gasteiger partial charge in [-0.05, 0) is 17.9 Å². The Kier molecular flexibility index (Phi) is 4.95. The minimum absolute atomic E-state index is 0.000591. The van der Waals surface area contributed by atoms with E-state index < -0.39 is 0 Å². The molecule has 1 saturated heterocycles. The van der Waals surface area contributed by atoms with Gasteiger partial charge in [0.2, 0.25) is 5.91 Å². The lowest BCUT2D eigenvalue weighted by Gasteiger charge is -2.01. The molecule has 1 fully saturated rings. The molecule has 2 rings (SSSR count). The predicted molar refractivity (Wildman–Crippen MR) is 78.4 cm³/mol. The molecule has 0 aliphatic carbocycles. The fourth-order valence-corrected chi connectivity index (χ4v) is 3.09. The summed E-state index contributed by atoms with van der Waals surface area (Å²) in [7, 11) is 0. The van der Waals surface area contributed by atoms with Gasteiger partial charge in [0.1, 0.15) is 0 Å². The zero-order valence-corrected chi connectivity index (χ0v) is 11.8. The van der Waals surface area contributed by atoms with E-state index in [1.807, 2.05) is 17.5 Å². The Balaban J connectivity index is 1.89. The van der Waals surface area contributed by atoms with Crippen LogP contribution in [0.2, 0.25) is 0 Å². The second-order valence-electron chi connectivity index (χ2n) is 3.90. The SMILES string of the molecule is CCCC[C@@H]1S/C(=N\N=C/c2cccs2)NC1=O. The monoisotopic (exact) mass is 281 g/mol. The Hall–Kier alpha value is -1.14. The summed E-state index contributed by atoms with van der Waals surface area (Å²) in [6.45, 7) is 2.12. The third-order valence-corrected chi connectivity index (χ3v) is 4.42. The molecule has 1 aliphatic heterocycles. The molecule has 0 spiro atoms. The van der Waals surface area contributed by atoms with Gasteiger partial charge < -0.3 is 5.32 Å². The van der Waals surface area contributed by atoms with Crippen LogP contribution in [0.4, 0.5) is 0 Å². The quantitative estimate of drug-likeness (QED) is 0.666. The highest BCUT2D eigenvalue weighted by Gasteiger charge is 2.29. The minimum Gasteiger partial charge on any atom is -0.303 e. The number of rotatable bonds is 5. The van der Waals surface area contributed by atoms with Crippen molar-refractivity contribution in [3.63, 3.8) is 0 Å². The van der Waals surface area contributed by atoms with Crippen molar-refractivity contribution < 1.29 is 4.79 Å². The van der Waals surface area contributed by atoms with Crippen molar-refractivity contribution in [3.05, 3.63) is 22.4 Å². The smallest absolute Gasteiger partial charge is 0.239 e. The molecular formula is C12H15N3OS2. The fourth-order valence-electron chi connectivity index (χ4n) is 1.53. The molecule has 1 aromatic heterocycles. The average Bonchev–Trinajstić information content (AvgIpc) is 2.97. The number of carbonyl (C=O) groups is 1. The van der Waals surface area contributed by atoms with Crippen LogP contribution < -0.4 is 5.32 Å². The highest BCUT2D eigenvalue weighted by molar-refractivity contribution is 8.15. The van der Waals surface area contributed by atoms with Gasteiger partial charge >= 0.3 is 0 Å². The van der Waals surface area contributed by atoms with Crippen LogP contribution in [0.1, 0.15) is 31.1 Å². The van der Waals surface area contributed by atoms with E-state index in [1.165, 1.54) is 11.8 Å². The van der Waals surface area contributed by atoms with Crippen LogP contribution in [-0.2, 0) is 4.79 Å². The standard InChI is InChI=1S/C12H15N3OS2/c1-2-3-6-10-11(16)14-12(18-10)15-13-8-9-5-4-7-17-9/h4-5,7-8,10H,2-3,6H2,1H3,(H,14,15,16)/b13-8-/t10-/m0/s1. The number of thiophene rings is 1. The van der Waals surface area contributed by atoms with Crippen LogP contribution in [0.25, 0.3) is 0 Å². The molecule has 1 N–H and O–H groups in total. The molecule has 1 atom stereocenters. The van der Waals surface area contributed by atoms with Crippen molar-refractivity contribution in [3.8, 4) is 0 Å². The first-order valence-corrected chi connectivity index (χ1v) is 7.67. The maximum Gasteiger partial charge on any atom is 0.239 e. The van der Waals surface area contributed by atoms with Crippen LogP contribution in [0.15, 0.2) is 27.7 Å². The van der Waals surface area contributed by atoms with Gasteiger partial charge in [-0.2, -0.15) is 5.10 Å². The van der Waals surface area contributed by atoms with E-state index >= 15 is 0 Å². The number of nitrogens with zero attached hydrogens (tertiary/aromatic N) is 2. The molecule has 1 aliphatic rings. The molecule has 0 saturated carbocycles. The number of amidine groups is 1. The maximum atomic E-state index is 11.6. The van der Waals surface area contributed by atoms with Crippen molar-refractivity contribution in [1.29, 1.82) is 0 Å². The summed E-state index contributed by atoms with van der Waals surface area (Å²) in [5, 5.41) is 13.4. The third-order valence-electron chi connectivity index (χ3n) is 2.47. The highest BCUT2D eigenvalue weighted by atomic mass is 32.2. The van der Waals surface area contributed by atoms with Gasteiger partial charge in [0.15, 0.2) is 5.17 Å². The summed E-state index contributed by atoms with van der Waals surface area (Å²) < 4.78 is 0. The Bertz CT molecular complexity index is 454.